The number of hydrogen-bond donors (Lipinski definition) is 2. The number of allylic oxidation sites excluding steroid dienone is 1. The molecule has 6 nitrogen and oxygen atoms in total. The van der Waals surface area contributed by atoms with Gasteiger partial charge < -0.3 is 5.11 Å². The monoisotopic (exact) mass is 472 g/mol. The van der Waals surface area contributed by atoms with Crippen LogP contribution in [0.15, 0.2) is 24.3 Å². The summed E-state index contributed by atoms with van der Waals surface area (Å²) in [6, 6.07) is 1.04. The molecule has 4 atom stereocenters. The van der Waals surface area contributed by atoms with Crippen LogP contribution in [-0.4, -0.2) is 40.4 Å². The number of halogens is 3. The van der Waals surface area contributed by atoms with Gasteiger partial charge in [-0.15, -0.1) is 0 Å². The summed E-state index contributed by atoms with van der Waals surface area (Å²) < 4.78 is 0. The SMILES string of the molecule is CCCCC=CCCN1C(=O)C2C(C(=O)O)NC(c3cc(Cl)cc(Cl)c3Cl)C2C1=O. The number of benzene rings is 1. The van der Waals surface area contributed by atoms with Crippen molar-refractivity contribution in [3.63, 3.8) is 0 Å². The van der Waals surface area contributed by atoms with Crippen LogP contribution in [0.4, 0.5) is 0 Å². The minimum atomic E-state index is -1.20. The standard InChI is InChI=1S/C21H23Cl3N2O4/c1-2-3-4-5-6-7-8-26-19(27)14-15(20(26)28)18(21(29)30)25-17(14)12-9-11(22)10-13(23)16(12)24/h5-6,9-10,14-15,17-18,25H,2-4,7-8H2,1H3,(H,29,30). The fourth-order valence-electron chi connectivity index (χ4n) is 4.17. The van der Waals surface area contributed by atoms with E-state index in [9.17, 15) is 19.5 Å². The zero-order valence-corrected chi connectivity index (χ0v) is 18.7. The Morgan fingerprint density at radius 3 is 2.47 bits per heavy atom. The number of likely N-dealkylation sites (tertiary alicyclic amines) is 1. The lowest BCUT2D eigenvalue weighted by atomic mass is 9.86. The van der Waals surface area contributed by atoms with Crippen LogP contribution in [0.2, 0.25) is 15.1 Å². The number of carboxylic acids is 1. The molecule has 2 heterocycles. The van der Waals surface area contributed by atoms with Crippen LogP contribution in [0.25, 0.3) is 0 Å². The first-order valence-corrected chi connectivity index (χ1v) is 11.0. The van der Waals surface area contributed by atoms with Crippen molar-refractivity contribution in [2.45, 2.75) is 44.7 Å². The van der Waals surface area contributed by atoms with Crippen molar-refractivity contribution < 1.29 is 19.5 Å². The molecule has 2 aliphatic heterocycles. The van der Waals surface area contributed by atoms with Gasteiger partial charge in [0.25, 0.3) is 0 Å². The first kappa shape index (κ1) is 23.1. The molecule has 162 valence electrons. The minimum Gasteiger partial charge on any atom is -0.480 e. The number of hydrogen-bond acceptors (Lipinski definition) is 4. The lowest BCUT2D eigenvalue weighted by Crippen LogP contribution is -2.43. The maximum absolute atomic E-state index is 13.1. The normalized spacial score (nSPS) is 26.1. The molecular formula is C21H23Cl3N2O4. The van der Waals surface area contributed by atoms with E-state index in [2.05, 4.69) is 12.2 Å². The van der Waals surface area contributed by atoms with Gasteiger partial charge in [0.2, 0.25) is 11.8 Å². The van der Waals surface area contributed by atoms with Crippen LogP contribution in [0.1, 0.15) is 44.2 Å². The molecule has 0 saturated carbocycles. The van der Waals surface area contributed by atoms with Gasteiger partial charge in [-0.25, -0.2) is 0 Å². The zero-order chi connectivity index (χ0) is 22.0. The van der Waals surface area contributed by atoms with Crippen LogP contribution in [0, 0.1) is 11.8 Å². The summed E-state index contributed by atoms with van der Waals surface area (Å²) in [5.41, 5.74) is 0.412. The fraction of sp³-hybridized carbons (Fsp3) is 0.476. The Labute approximate surface area is 190 Å². The number of imide groups is 1. The van der Waals surface area contributed by atoms with Crippen LogP contribution in [0.5, 0.6) is 0 Å². The summed E-state index contributed by atoms with van der Waals surface area (Å²) in [5, 5.41) is 13.2. The van der Waals surface area contributed by atoms with Crippen molar-refractivity contribution in [3.05, 3.63) is 44.9 Å². The molecule has 4 unspecified atom stereocenters. The molecule has 2 amide bonds. The Morgan fingerprint density at radius 2 is 1.80 bits per heavy atom. The lowest BCUT2D eigenvalue weighted by Gasteiger charge is -2.22. The number of rotatable bonds is 8. The lowest BCUT2D eigenvalue weighted by molar-refractivity contribution is -0.146. The van der Waals surface area contributed by atoms with Crippen molar-refractivity contribution >= 4 is 52.6 Å². The van der Waals surface area contributed by atoms with E-state index in [1.54, 1.807) is 6.07 Å². The van der Waals surface area contributed by atoms with Crippen molar-refractivity contribution in [1.82, 2.24) is 10.2 Å². The summed E-state index contributed by atoms with van der Waals surface area (Å²) in [5.74, 6) is -3.95. The van der Waals surface area contributed by atoms with E-state index in [4.69, 9.17) is 34.8 Å². The zero-order valence-electron chi connectivity index (χ0n) is 16.4. The first-order chi connectivity index (χ1) is 14.3. The van der Waals surface area contributed by atoms with Crippen molar-refractivity contribution in [2.24, 2.45) is 11.8 Å². The average Bonchev–Trinajstić information content (AvgIpc) is 3.19. The summed E-state index contributed by atoms with van der Waals surface area (Å²) in [7, 11) is 0. The number of nitrogens with one attached hydrogen (secondary N) is 1. The van der Waals surface area contributed by atoms with E-state index in [0.29, 0.717) is 17.0 Å². The minimum absolute atomic E-state index is 0.181. The van der Waals surface area contributed by atoms with Crippen LogP contribution >= 0.6 is 34.8 Å². The molecule has 3 rings (SSSR count). The first-order valence-electron chi connectivity index (χ1n) is 9.91. The van der Waals surface area contributed by atoms with Crippen molar-refractivity contribution in [1.29, 1.82) is 0 Å². The summed E-state index contributed by atoms with van der Waals surface area (Å²) in [6.45, 7) is 2.33. The van der Waals surface area contributed by atoms with E-state index in [0.717, 1.165) is 19.3 Å². The van der Waals surface area contributed by atoms with E-state index in [1.807, 2.05) is 12.2 Å². The van der Waals surface area contributed by atoms with Gasteiger partial charge in [-0.3, -0.25) is 24.6 Å². The van der Waals surface area contributed by atoms with Gasteiger partial charge in [0, 0.05) is 17.6 Å². The number of carboxylic acid groups (broad SMARTS) is 1. The Bertz CT molecular complexity index is 889. The van der Waals surface area contributed by atoms with Gasteiger partial charge in [-0.2, -0.15) is 0 Å². The van der Waals surface area contributed by atoms with Gasteiger partial charge in [-0.1, -0.05) is 66.7 Å². The summed E-state index contributed by atoms with van der Waals surface area (Å²) in [4.78, 5) is 39.1. The second kappa shape index (κ2) is 9.69. The number of nitrogens with zero attached hydrogens (tertiary/aromatic N) is 1. The van der Waals surface area contributed by atoms with Crippen molar-refractivity contribution in [2.75, 3.05) is 6.54 Å². The highest BCUT2D eigenvalue weighted by atomic mass is 35.5. The van der Waals surface area contributed by atoms with Crippen LogP contribution in [0.3, 0.4) is 0 Å². The molecular weight excluding hydrogens is 451 g/mol. The van der Waals surface area contributed by atoms with Gasteiger partial charge in [0.1, 0.15) is 6.04 Å². The molecule has 1 aromatic rings. The van der Waals surface area contributed by atoms with Gasteiger partial charge in [0.15, 0.2) is 0 Å². The summed E-state index contributed by atoms with van der Waals surface area (Å²) in [6.07, 6.45) is 7.64. The van der Waals surface area contributed by atoms with Crippen LogP contribution < -0.4 is 5.32 Å². The molecule has 1 aromatic carbocycles. The average molecular weight is 474 g/mol. The second-order valence-corrected chi connectivity index (χ2v) is 8.75. The maximum atomic E-state index is 13.1. The Morgan fingerprint density at radius 1 is 1.13 bits per heavy atom. The molecule has 9 heteroatoms. The third-order valence-corrected chi connectivity index (χ3v) is 6.63. The molecule has 2 aliphatic rings. The number of fused-ring (bicyclic) bond motifs is 1. The molecule has 0 radical (unpaired) electrons. The van der Waals surface area contributed by atoms with E-state index >= 15 is 0 Å². The molecule has 30 heavy (non-hydrogen) atoms. The highest BCUT2D eigenvalue weighted by Gasteiger charge is 2.61. The molecule has 2 fully saturated rings. The molecule has 0 spiro atoms. The topological polar surface area (TPSA) is 86.7 Å². The van der Waals surface area contributed by atoms with Crippen molar-refractivity contribution in [3.8, 4) is 0 Å². The number of unbranched alkanes of at least 4 members (excludes halogenated alkanes) is 2. The summed E-state index contributed by atoms with van der Waals surface area (Å²) >= 11 is 18.6. The van der Waals surface area contributed by atoms with E-state index in [1.165, 1.54) is 11.0 Å². The second-order valence-electron chi connectivity index (χ2n) is 7.53. The smallest absolute Gasteiger partial charge is 0.321 e. The number of amides is 2. The Kier molecular flexibility index (Phi) is 7.45. The predicted octanol–water partition coefficient (Wildman–Crippen LogP) is 4.48. The quantitative estimate of drug-likeness (QED) is 0.251. The predicted molar refractivity (Wildman–Crippen MR) is 116 cm³/mol. The number of carbonyl (C=O) groups is 3. The molecule has 0 aliphatic carbocycles. The highest BCUT2D eigenvalue weighted by Crippen LogP contribution is 2.47. The van der Waals surface area contributed by atoms with E-state index in [-0.39, 0.29) is 16.6 Å². The molecule has 0 aromatic heterocycles. The molecule has 2 saturated heterocycles. The third kappa shape index (κ3) is 4.37. The molecule has 2 N–H and O–H groups in total. The maximum Gasteiger partial charge on any atom is 0.321 e. The number of carbonyl (C=O) groups excluding carboxylic acids is 2. The third-order valence-electron chi connectivity index (χ3n) is 5.60. The van der Waals surface area contributed by atoms with E-state index < -0.39 is 41.7 Å². The van der Waals surface area contributed by atoms with Gasteiger partial charge in [0.05, 0.1) is 21.9 Å². The Balaban J connectivity index is 1.87. The Hall–Kier alpha value is -1.60. The van der Waals surface area contributed by atoms with Gasteiger partial charge >= 0.3 is 5.97 Å². The fourth-order valence-corrected chi connectivity index (χ4v) is 4.90. The molecule has 0 bridgehead atoms. The highest BCUT2D eigenvalue weighted by molar-refractivity contribution is 6.43. The largest absolute Gasteiger partial charge is 0.480 e. The van der Waals surface area contributed by atoms with Gasteiger partial charge in [-0.05, 0) is 30.5 Å². The number of aliphatic carboxylic acids is 1. The van der Waals surface area contributed by atoms with Crippen LogP contribution in [-0.2, 0) is 14.4 Å².